The van der Waals surface area contributed by atoms with Crippen LogP contribution in [0, 0.1) is 19.6 Å². The third-order valence-electron chi connectivity index (χ3n) is 4.17. The fourth-order valence-electron chi connectivity index (χ4n) is 2.89. The minimum absolute atomic E-state index is 0. The first-order valence-corrected chi connectivity index (χ1v) is 9.64. The summed E-state index contributed by atoms with van der Waals surface area (Å²) >= 11 is 2.04. The van der Waals surface area contributed by atoms with Crippen LogP contribution in [0.4, 0.5) is 0 Å². The molecule has 0 unspecified atom stereocenters. The van der Waals surface area contributed by atoms with Crippen molar-refractivity contribution in [1.82, 2.24) is 0 Å². The second kappa shape index (κ2) is 15.2. The number of hydrogen-bond acceptors (Lipinski definition) is 0. The van der Waals surface area contributed by atoms with Crippen LogP contribution in [0.15, 0.2) is 91.0 Å². The van der Waals surface area contributed by atoms with E-state index in [1.165, 1.54) is 27.8 Å². The van der Waals surface area contributed by atoms with Gasteiger partial charge >= 0.3 is 60.2 Å². The topological polar surface area (TPSA) is 0 Å². The van der Waals surface area contributed by atoms with Gasteiger partial charge in [0, 0.05) is 0 Å². The zero-order chi connectivity index (χ0) is 18.0. The molecule has 0 heterocycles. The van der Waals surface area contributed by atoms with E-state index in [0.29, 0.717) is 0 Å². The number of halogens is 2. The molecule has 0 amide bonds. The Labute approximate surface area is 199 Å². The molecule has 0 saturated heterocycles. The van der Waals surface area contributed by atoms with Crippen LogP contribution < -0.4 is 0 Å². The maximum Gasteiger partial charge on any atom is -0.0253 e. The molecule has 3 heteroatoms. The molecule has 0 N–H and O–H groups in total. The molecule has 0 bridgehead atoms. The van der Waals surface area contributed by atoms with Crippen LogP contribution in [-0.2, 0) is 26.4 Å². The first-order valence-electron chi connectivity index (χ1n) is 8.73. The Bertz CT molecular complexity index is 861. The van der Waals surface area contributed by atoms with E-state index >= 15 is 0 Å². The van der Waals surface area contributed by atoms with E-state index in [2.05, 4.69) is 71.1 Å². The average molecular weight is 456 g/mol. The number of benzene rings is 3. The molecule has 0 nitrogen and oxygen atoms in total. The van der Waals surface area contributed by atoms with Crippen molar-refractivity contribution in [3.63, 3.8) is 0 Å². The van der Waals surface area contributed by atoms with Crippen LogP contribution in [0.25, 0.3) is 11.1 Å². The van der Waals surface area contributed by atoms with E-state index in [4.69, 9.17) is 0 Å². The summed E-state index contributed by atoms with van der Waals surface area (Å²) in [5, 5.41) is 0. The Morgan fingerprint density at radius 2 is 1.52 bits per heavy atom. The summed E-state index contributed by atoms with van der Waals surface area (Å²) in [6.07, 6.45) is 11.0. The van der Waals surface area contributed by atoms with E-state index < -0.39 is 0 Å². The van der Waals surface area contributed by atoms with Crippen molar-refractivity contribution in [1.29, 1.82) is 0 Å². The number of allylic oxidation sites excluding steroid dienone is 4. The molecule has 150 valence electrons. The second-order valence-electron chi connectivity index (χ2n) is 5.95. The zero-order valence-corrected chi connectivity index (χ0v) is 19.7. The monoisotopic (exact) mass is 455 g/mol. The molecule has 2 aliphatic carbocycles. The fourth-order valence-corrected chi connectivity index (χ4v) is 3.19. The summed E-state index contributed by atoms with van der Waals surface area (Å²) in [7, 11) is 0. The van der Waals surface area contributed by atoms with Crippen molar-refractivity contribution in [3.05, 3.63) is 127 Å². The van der Waals surface area contributed by atoms with Crippen molar-refractivity contribution < 1.29 is 20.0 Å². The van der Waals surface area contributed by atoms with Gasteiger partial charge in [0.1, 0.15) is 0 Å². The van der Waals surface area contributed by atoms with Gasteiger partial charge in [-0.25, -0.2) is 12.2 Å². The molecule has 5 rings (SSSR count). The Morgan fingerprint density at radius 1 is 0.828 bits per heavy atom. The Morgan fingerprint density at radius 3 is 2.10 bits per heavy atom. The van der Waals surface area contributed by atoms with E-state index in [9.17, 15) is 0 Å². The van der Waals surface area contributed by atoms with Gasteiger partial charge in [-0.2, -0.15) is 35.9 Å². The first-order chi connectivity index (χ1) is 12.9. The van der Waals surface area contributed by atoms with Gasteiger partial charge in [-0.3, -0.25) is 6.08 Å². The number of fused-ring (bicyclic) bond motifs is 3. The van der Waals surface area contributed by atoms with Crippen LogP contribution in [0.2, 0.25) is 0 Å². The molecule has 2 aliphatic rings. The van der Waals surface area contributed by atoms with Crippen molar-refractivity contribution in [3.8, 4) is 11.1 Å². The molecule has 0 saturated carbocycles. The maximum absolute atomic E-state index is 3.30. The molecule has 0 radical (unpaired) electrons. The van der Waals surface area contributed by atoms with E-state index in [1.807, 2.05) is 56.4 Å². The number of rotatable bonds is 1. The van der Waals surface area contributed by atoms with Gasteiger partial charge in [-0.05, 0) is 6.42 Å². The van der Waals surface area contributed by atoms with E-state index in [0.717, 1.165) is 12.8 Å². The predicted molar refractivity (Wildman–Crippen MR) is 128 cm³/mol. The van der Waals surface area contributed by atoms with Crippen molar-refractivity contribution in [2.75, 3.05) is 0 Å². The van der Waals surface area contributed by atoms with Gasteiger partial charge < -0.3 is 7.43 Å². The summed E-state index contributed by atoms with van der Waals surface area (Å²) in [6, 6.07) is 28.4. The molecule has 3 aromatic carbocycles. The largest absolute Gasteiger partial charge is 0.179 e. The van der Waals surface area contributed by atoms with Crippen LogP contribution in [0.1, 0.15) is 23.1 Å². The summed E-state index contributed by atoms with van der Waals surface area (Å²) in [5.41, 5.74) is 6.80. The van der Waals surface area contributed by atoms with Crippen LogP contribution in [-0.4, -0.2) is 4.31 Å². The first kappa shape index (κ1) is 27.3. The van der Waals surface area contributed by atoms with Crippen molar-refractivity contribution in [2.24, 2.45) is 0 Å². The van der Waals surface area contributed by atoms with Crippen LogP contribution >= 0.6 is 24.8 Å². The second-order valence-corrected chi connectivity index (χ2v) is 6.41. The van der Waals surface area contributed by atoms with Gasteiger partial charge in [0.25, 0.3) is 0 Å². The predicted octanol–water partition coefficient (Wildman–Crippen LogP) is 7.04. The van der Waals surface area contributed by atoms with Gasteiger partial charge in [-0.15, -0.1) is 36.8 Å². The average Bonchev–Trinajstić information content (AvgIpc) is 3.40. The minimum atomic E-state index is 0. The van der Waals surface area contributed by atoms with Crippen molar-refractivity contribution >= 4 is 29.1 Å². The van der Waals surface area contributed by atoms with E-state index in [-0.39, 0.29) is 32.2 Å². The van der Waals surface area contributed by atoms with Crippen LogP contribution in [0.3, 0.4) is 0 Å². The molecule has 0 fully saturated rings. The smallest absolute Gasteiger partial charge is 0.0253 e. The van der Waals surface area contributed by atoms with Crippen LogP contribution in [0.5, 0.6) is 0 Å². The van der Waals surface area contributed by atoms with Gasteiger partial charge in [-0.1, -0.05) is 35.4 Å². The third kappa shape index (κ3) is 8.29. The van der Waals surface area contributed by atoms with Crippen molar-refractivity contribution in [2.45, 2.75) is 12.8 Å². The third-order valence-corrected chi connectivity index (χ3v) is 4.69. The fraction of sp³-hybridized carbons (Fsp3) is 0.0769. The summed E-state index contributed by atoms with van der Waals surface area (Å²) in [4.78, 5) is 0. The SMILES string of the molecule is Cl.Cl.[C-]1=CC=CC1.[CH3-].[Ti]=[CH]c1ccccc1.[c-]1cccc2c1Cc1ccccc1-2. The van der Waals surface area contributed by atoms with Gasteiger partial charge in [0.05, 0.1) is 0 Å². The van der Waals surface area contributed by atoms with Gasteiger partial charge in [0.15, 0.2) is 0 Å². The normalized spacial score (nSPS) is 10.9. The molecule has 0 aliphatic heterocycles. The minimum Gasteiger partial charge on any atom is -0.179 e. The molecule has 0 aromatic heterocycles. The molecule has 0 atom stereocenters. The molecule has 29 heavy (non-hydrogen) atoms. The molecule has 3 aromatic rings. The Hall–Kier alpha value is -1.70. The Balaban J connectivity index is 0.000000427. The quantitative estimate of drug-likeness (QED) is 0.213. The molecule has 0 spiro atoms. The summed E-state index contributed by atoms with van der Waals surface area (Å²) in [5.74, 6) is 0. The molecular weight excluding hydrogens is 431 g/mol. The Kier molecular flexibility index (Phi) is 14.3. The summed E-state index contributed by atoms with van der Waals surface area (Å²) in [6.45, 7) is 0. The summed E-state index contributed by atoms with van der Waals surface area (Å²) < 4.78 is 2.08. The maximum atomic E-state index is 3.30. The van der Waals surface area contributed by atoms with E-state index in [1.54, 1.807) is 0 Å². The van der Waals surface area contributed by atoms with Gasteiger partial charge in [0.2, 0.25) is 0 Å². The number of hydrogen-bond donors (Lipinski definition) is 0. The standard InChI is InChI=1S/C13H9.C7H6.C5H5.CH3.2ClH.Ti/c1-3-7-12-10(5-1)9-11-6-2-4-8-13(11)12;1-7-5-3-2-4-6-7;1-2-4-5-3-1;;;;/h1-5,7-8H,9H2;1-6H;1-3H,4H2;1H3;2*1H;/q-1;;2*-1;;;. The molecular formula is C26H25Cl2Ti-3. The zero-order valence-electron chi connectivity index (χ0n) is 16.5.